The molecule has 3 N–H and O–H groups in total. The van der Waals surface area contributed by atoms with Crippen LogP contribution in [0, 0.1) is 0 Å². The molecule has 0 saturated carbocycles. The molecule has 0 fully saturated rings. The average Bonchev–Trinajstić information content (AvgIpc) is 2.56. The number of carboxylic acids is 1. The van der Waals surface area contributed by atoms with E-state index in [9.17, 15) is 9.59 Å². The summed E-state index contributed by atoms with van der Waals surface area (Å²) in [5, 5.41) is 7.60. The van der Waals surface area contributed by atoms with Gasteiger partial charge in [-0.15, -0.1) is 0 Å². The van der Waals surface area contributed by atoms with E-state index in [0.717, 1.165) is 11.1 Å². The molecule has 0 aromatic heterocycles. The van der Waals surface area contributed by atoms with E-state index in [1.54, 1.807) is 0 Å². The van der Waals surface area contributed by atoms with Crippen LogP contribution in [0.2, 0.25) is 0 Å². The topological polar surface area (TPSA) is 98.9 Å². The average molecular weight is 341 g/mol. The lowest BCUT2D eigenvalue weighted by Gasteiger charge is -2.18. The molecule has 138 valence electrons. The second-order valence-corrected chi connectivity index (χ2v) is 5.23. The van der Waals surface area contributed by atoms with Gasteiger partial charge >= 0.3 is 12.1 Å². The molecule has 0 amide bonds. The van der Waals surface area contributed by atoms with Crippen LogP contribution in [-0.2, 0) is 9.53 Å². The number of hydrogen-bond donors (Lipinski definition) is 2. The molecule has 0 atom stereocenters. The van der Waals surface area contributed by atoms with Gasteiger partial charge in [0.1, 0.15) is 5.75 Å². The highest BCUT2D eigenvalue weighted by Crippen LogP contribution is 2.34. The molecule has 0 unspecified atom stereocenters. The summed E-state index contributed by atoms with van der Waals surface area (Å²) in [5.74, 6) is 0.274. The molecule has 0 radical (unpaired) electrons. The number of benzene rings is 1. The van der Waals surface area contributed by atoms with Gasteiger partial charge in [-0.05, 0) is 23.0 Å². The number of ether oxygens (including phenoxy) is 2. The van der Waals surface area contributed by atoms with Crippen LogP contribution >= 0.6 is 0 Å². The first-order valence-corrected chi connectivity index (χ1v) is 8.05. The van der Waals surface area contributed by atoms with E-state index in [-0.39, 0.29) is 6.54 Å². The molecule has 0 bridgehead atoms. The molecular formula is C18H31NO5. The predicted octanol–water partition coefficient (Wildman–Crippen LogP) is 4.13. The molecule has 1 aromatic carbocycles. The third-order valence-corrected chi connectivity index (χ3v) is 2.85. The number of hydrogen-bond acceptors (Lipinski definition) is 5. The maximum atomic E-state index is 11.3. The largest absolute Gasteiger partial charge is 0.513 e. The fraction of sp³-hybridized carbons (Fsp3) is 0.556. The maximum absolute atomic E-state index is 11.3. The maximum Gasteiger partial charge on any atom is 0.513 e. The number of carbonyl (C=O) groups is 2. The zero-order chi connectivity index (χ0) is 19.3. The highest BCUT2D eigenvalue weighted by Gasteiger charge is 2.17. The van der Waals surface area contributed by atoms with Crippen molar-refractivity contribution in [2.45, 2.75) is 53.4 Å². The van der Waals surface area contributed by atoms with Crippen molar-refractivity contribution in [3.05, 3.63) is 29.3 Å². The van der Waals surface area contributed by atoms with Gasteiger partial charge in [0.25, 0.3) is 0 Å². The van der Waals surface area contributed by atoms with E-state index < -0.39 is 12.1 Å². The molecule has 0 aliphatic carbocycles. The normalized spacial score (nSPS) is 9.42. The van der Waals surface area contributed by atoms with Gasteiger partial charge in [-0.1, -0.05) is 59.7 Å². The quantitative estimate of drug-likeness (QED) is 0.631. The number of nitrogens with two attached hydrogens (primary N) is 1. The Labute approximate surface area is 145 Å². The molecular weight excluding hydrogens is 310 g/mol. The summed E-state index contributed by atoms with van der Waals surface area (Å²) < 4.78 is 9.85. The highest BCUT2D eigenvalue weighted by atomic mass is 16.7. The van der Waals surface area contributed by atoms with Crippen molar-refractivity contribution in [1.82, 2.24) is 0 Å². The summed E-state index contributed by atoms with van der Waals surface area (Å²) in [5.41, 5.74) is 6.63. The first-order valence-electron chi connectivity index (χ1n) is 8.05. The molecule has 0 spiro atoms. The van der Waals surface area contributed by atoms with Crippen LogP contribution in [0.5, 0.6) is 5.75 Å². The summed E-state index contributed by atoms with van der Waals surface area (Å²) in [7, 11) is 1.31. The molecule has 0 aliphatic rings. The lowest BCUT2D eigenvalue weighted by molar-refractivity contribution is -0.135. The number of rotatable bonds is 4. The van der Waals surface area contributed by atoms with Crippen LogP contribution in [0.15, 0.2) is 18.2 Å². The minimum Gasteiger partial charge on any atom is -0.480 e. The highest BCUT2D eigenvalue weighted by molar-refractivity contribution is 5.68. The minimum atomic E-state index is -0.968. The lowest BCUT2D eigenvalue weighted by Crippen LogP contribution is -2.11. The molecule has 24 heavy (non-hydrogen) atoms. The van der Waals surface area contributed by atoms with Gasteiger partial charge in [-0.2, -0.15) is 0 Å². The smallest absolute Gasteiger partial charge is 0.480 e. The van der Waals surface area contributed by atoms with Crippen molar-refractivity contribution < 1.29 is 24.2 Å². The van der Waals surface area contributed by atoms with E-state index in [1.807, 2.05) is 32.0 Å². The summed E-state index contributed by atoms with van der Waals surface area (Å²) >= 11 is 0. The predicted molar refractivity (Wildman–Crippen MR) is 95.7 cm³/mol. The third kappa shape index (κ3) is 9.15. The van der Waals surface area contributed by atoms with E-state index in [0.29, 0.717) is 17.6 Å². The first kappa shape index (κ1) is 24.2. The number of para-hydroxylation sites is 1. The number of methoxy groups -OCH3 is 1. The van der Waals surface area contributed by atoms with Crippen molar-refractivity contribution >= 4 is 12.1 Å². The summed E-state index contributed by atoms with van der Waals surface area (Å²) in [6.07, 6.45) is -0.667. The van der Waals surface area contributed by atoms with Crippen LogP contribution in [0.25, 0.3) is 0 Å². The molecule has 0 saturated heterocycles. The van der Waals surface area contributed by atoms with Gasteiger partial charge < -0.3 is 20.3 Å². The Hall–Kier alpha value is -2.08. The molecule has 1 rings (SSSR count). The number of aliphatic carboxylic acids is 1. The van der Waals surface area contributed by atoms with Crippen LogP contribution in [0.3, 0.4) is 0 Å². The van der Waals surface area contributed by atoms with Gasteiger partial charge in [0.2, 0.25) is 0 Å². The zero-order valence-corrected chi connectivity index (χ0v) is 15.8. The molecule has 6 nitrogen and oxygen atoms in total. The molecule has 0 aliphatic heterocycles. The molecule has 0 heterocycles. The first-order chi connectivity index (χ1) is 11.2. The SMILES string of the molecule is CC.COC(=O)Oc1c(C(C)C)cccc1C(C)C.NCC(=O)O. The molecule has 1 aromatic rings. The summed E-state index contributed by atoms with van der Waals surface area (Å²) in [4.78, 5) is 20.5. The van der Waals surface area contributed by atoms with Crippen molar-refractivity contribution in [2.24, 2.45) is 5.73 Å². The van der Waals surface area contributed by atoms with Crippen LogP contribution < -0.4 is 10.5 Å². The van der Waals surface area contributed by atoms with E-state index in [1.165, 1.54) is 7.11 Å². The van der Waals surface area contributed by atoms with Gasteiger partial charge in [-0.3, -0.25) is 4.79 Å². The zero-order valence-electron chi connectivity index (χ0n) is 15.8. The number of carboxylic acid groups (broad SMARTS) is 1. The van der Waals surface area contributed by atoms with Crippen molar-refractivity contribution in [3.8, 4) is 5.75 Å². The second-order valence-electron chi connectivity index (χ2n) is 5.23. The second kappa shape index (κ2) is 13.4. The van der Waals surface area contributed by atoms with Crippen molar-refractivity contribution in [2.75, 3.05) is 13.7 Å². The Bertz CT molecular complexity index is 472. The Morgan fingerprint density at radius 2 is 1.46 bits per heavy atom. The van der Waals surface area contributed by atoms with Gasteiger partial charge in [-0.25, -0.2) is 4.79 Å². The minimum absolute atomic E-state index is 0.278. The van der Waals surface area contributed by atoms with Crippen molar-refractivity contribution in [3.63, 3.8) is 0 Å². The fourth-order valence-corrected chi connectivity index (χ4v) is 1.73. The van der Waals surface area contributed by atoms with Crippen molar-refractivity contribution in [1.29, 1.82) is 0 Å². The number of carbonyl (C=O) groups excluding carboxylic acids is 1. The van der Waals surface area contributed by atoms with Crippen LogP contribution in [-0.4, -0.2) is 30.9 Å². The Kier molecular flexibility index (Phi) is 13.5. The third-order valence-electron chi connectivity index (χ3n) is 2.85. The standard InChI is InChI=1S/C14H20O3.C2H5NO2.C2H6/c1-9(2)11-7-6-8-12(10(3)4)13(11)17-14(15)16-5;3-1-2(4)5;1-2/h6-10H,1-5H3;1,3H2,(H,4,5);1-2H3. The Balaban J connectivity index is 0. The molecule has 6 heteroatoms. The van der Waals surface area contributed by atoms with E-state index in [2.05, 4.69) is 38.2 Å². The van der Waals surface area contributed by atoms with Gasteiger partial charge in [0, 0.05) is 0 Å². The summed E-state index contributed by atoms with van der Waals surface area (Å²) in [6.45, 7) is 12.0. The van der Waals surface area contributed by atoms with Gasteiger partial charge in [0.05, 0.1) is 13.7 Å². The van der Waals surface area contributed by atoms with Gasteiger partial charge in [0.15, 0.2) is 0 Å². The van der Waals surface area contributed by atoms with Crippen LogP contribution in [0.1, 0.15) is 64.5 Å². The Morgan fingerprint density at radius 3 is 1.71 bits per heavy atom. The lowest BCUT2D eigenvalue weighted by atomic mass is 9.94. The summed E-state index contributed by atoms with van der Waals surface area (Å²) in [6, 6.07) is 5.96. The fourth-order valence-electron chi connectivity index (χ4n) is 1.73. The monoisotopic (exact) mass is 341 g/mol. The van der Waals surface area contributed by atoms with E-state index >= 15 is 0 Å². The Morgan fingerprint density at radius 1 is 1.08 bits per heavy atom. The van der Waals surface area contributed by atoms with Crippen LogP contribution in [0.4, 0.5) is 4.79 Å². The van der Waals surface area contributed by atoms with E-state index in [4.69, 9.17) is 9.84 Å².